The van der Waals surface area contributed by atoms with Crippen molar-refractivity contribution in [3.63, 3.8) is 0 Å². The van der Waals surface area contributed by atoms with Crippen LogP contribution in [0.4, 0.5) is 5.69 Å². The van der Waals surface area contributed by atoms with Gasteiger partial charge in [-0.05, 0) is 35.9 Å². The summed E-state index contributed by atoms with van der Waals surface area (Å²) in [4.78, 5) is 56.5. The molecule has 7 rings (SSSR count). The van der Waals surface area contributed by atoms with E-state index in [9.17, 15) is 19.2 Å². The van der Waals surface area contributed by atoms with Crippen molar-refractivity contribution in [1.82, 2.24) is 0 Å². The molecule has 0 aromatic heterocycles. The minimum atomic E-state index is -2.17. The van der Waals surface area contributed by atoms with E-state index in [2.05, 4.69) is 0 Å². The van der Waals surface area contributed by atoms with Crippen LogP contribution in [-0.4, -0.2) is 35.8 Å². The second-order valence-corrected chi connectivity index (χ2v) is 10.0. The SMILES string of the molecule is O=C1[C@@H]2[C@@H](c3ccc4c(c3)OCO4)OC3(C(=O)c4ccccc4C3=O)[C@@H]2C(=O)N1c1ccc(Cl)c(Cl)c1. The Kier molecular flexibility index (Phi) is 4.64. The Morgan fingerprint density at radius 1 is 0.784 bits per heavy atom. The molecule has 184 valence electrons. The van der Waals surface area contributed by atoms with Crippen molar-refractivity contribution in [2.45, 2.75) is 11.7 Å². The number of carbonyl (C=O) groups is 4. The Labute approximate surface area is 219 Å². The van der Waals surface area contributed by atoms with E-state index in [0.29, 0.717) is 17.1 Å². The van der Waals surface area contributed by atoms with Gasteiger partial charge in [0.1, 0.15) is 0 Å². The Morgan fingerprint density at radius 3 is 2.19 bits per heavy atom. The zero-order chi connectivity index (χ0) is 25.6. The van der Waals surface area contributed by atoms with Gasteiger partial charge in [0.05, 0.1) is 33.7 Å². The van der Waals surface area contributed by atoms with Crippen molar-refractivity contribution in [1.29, 1.82) is 0 Å². The quantitative estimate of drug-likeness (QED) is 0.353. The molecule has 0 radical (unpaired) electrons. The van der Waals surface area contributed by atoms with E-state index >= 15 is 0 Å². The highest BCUT2D eigenvalue weighted by Gasteiger charge is 2.74. The third-order valence-corrected chi connectivity index (χ3v) is 8.14. The number of amides is 2. The Morgan fingerprint density at radius 2 is 1.49 bits per heavy atom. The fraction of sp³-hybridized carbons (Fsp3) is 0.185. The summed E-state index contributed by atoms with van der Waals surface area (Å²) in [6.45, 7) is 0.0368. The summed E-state index contributed by atoms with van der Waals surface area (Å²) in [5.74, 6) is -4.17. The molecule has 2 amide bonds. The average Bonchev–Trinajstić information content (AvgIpc) is 3.62. The molecule has 37 heavy (non-hydrogen) atoms. The third-order valence-electron chi connectivity index (χ3n) is 7.41. The number of carbonyl (C=O) groups excluding carboxylic acids is 4. The van der Waals surface area contributed by atoms with Crippen LogP contribution in [0.2, 0.25) is 10.0 Å². The number of benzene rings is 3. The van der Waals surface area contributed by atoms with Crippen LogP contribution < -0.4 is 14.4 Å². The number of ether oxygens (including phenoxy) is 3. The minimum absolute atomic E-state index is 0.0368. The first-order valence-corrected chi connectivity index (χ1v) is 12.2. The van der Waals surface area contributed by atoms with E-state index in [1.807, 2.05) is 0 Å². The van der Waals surface area contributed by atoms with Gasteiger partial charge >= 0.3 is 0 Å². The van der Waals surface area contributed by atoms with Gasteiger partial charge in [-0.15, -0.1) is 0 Å². The topological polar surface area (TPSA) is 99.2 Å². The molecule has 0 N–H and O–H groups in total. The number of ketones is 2. The molecule has 2 saturated heterocycles. The summed E-state index contributed by atoms with van der Waals surface area (Å²) in [6.07, 6.45) is -1.08. The molecule has 1 aliphatic carbocycles. The summed E-state index contributed by atoms with van der Waals surface area (Å²) in [7, 11) is 0. The predicted molar refractivity (Wildman–Crippen MR) is 130 cm³/mol. The highest BCUT2D eigenvalue weighted by Crippen LogP contribution is 2.58. The van der Waals surface area contributed by atoms with Crippen LogP contribution in [0.1, 0.15) is 32.4 Å². The van der Waals surface area contributed by atoms with Gasteiger partial charge in [0.2, 0.25) is 35.8 Å². The molecule has 1 spiro atoms. The molecule has 0 bridgehead atoms. The second kappa shape index (κ2) is 7.64. The van der Waals surface area contributed by atoms with Gasteiger partial charge in [-0.2, -0.15) is 0 Å². The first-order chi connectivity index (χ1) is 17.8. The molecule has 3 aliphatic heterocycles. The van der Waals surface area contributed by atoms with E-state index in [1.54, 1.807) is 30.3 Å². The van der Waals surface area contributed by atoms with Crippen LogP contribution in [0.15, 0.2) is 60.7 Å². The molecule has 3 aromatic rings. The molecule has 2 fully saturated rings. The number of hydrogen-bond acceptors (Lipinski definition) is 7. The summed E-state index contributed by atoms with van der Waals surface area (Å²) < 4.78 is 17.2. The lowest BCUT2D eigenvalue weighted by atomic mass is 9.77. The molecule has 0 saturated carbocycles. The van der Waals surface area contributed by atoms with Gasteiger partial charge < -0.3 is 14.2 Å². The second-order valence-electron chi connectivity index (χ2n) is 9.20. The molecule has 8 nitrogen and oxygen atoms in total. The van der Waals surface area contributed by atoms with E-state index < -0.39 is 46.9 Å². The zero-order valence-electron chi connectivity index (χ0n) is 18.8. The summed E-state index contributed by atoms with van der Waals surface area (Å²) in [6, 6.07) is 15.6. The standard InChI is InChI=1S/C27H15Cl2NO7/c28-16-7-6-13(10-17(16)29)30-25(33)20-21(26(30)34)27(23(31)14-3-1-2-4-15(14)24(27)32)37-22(20)12-5-8-18-19(9-12)36-11-35-18/h1-10,20-22H,11H2/t20-,21-,22+/m0/s1. The lowest BCUT2D eigenvalue weighted by Crippen LogP contribution is -2.51. The number of nitrogens with zero attached hydrogens (tertiary/aromatic N) is 1. The molecule has 0 unspecified atom stereocenters. The van der Waals surface area contributed by atoms with Crippen LogP contribution in [0, 0.1) is 11.8 Å². The van der Waals surface area contributed by atoms with Gasteiger partial charge in [-0.25, -0.2) is 4.90 Å². The maximum absolute atomic E-state index is 14.0. The first-order valence-electron chi connectivity index (χ1n) is 11.4. The van der Waals surface area contributed by atoms with Crippen molar-refractivity contribution in [2.24, 2.45) is 11.8 Å². The average molecular weight is 536 g/mol. The molecular weight excluding hydrogens is 521 g/mol. The van der Waals surface area contributed by atoms with Crippen molar-refractivity contribution >= 4 is 52.3 Å². The number of anilines is 1. The fourth-order valence-electron chi connectivity index (χ4n) is 5.79. The monoisotopic (exact) mass is 535 g/mol. The fourth-order valence-corrected chi connectivity index (χ4v) is 6.08. The van der Waals surface area contributed by atoms with Crippen LogP contribution in [0.3, 0.4) is 0 Å². The highest BCUT2D eigenvalue weighted by atomic mass is 35.5. The molecular formula is C27H15Cl2NO7. The van der Waals surface area contributed by atoms with Crippen molar-refractivity contribution in [3.8, 4) is 11.5 Å². The van der Waals surface area contributed by atoms with Gasteiger partial charge in [0, 0.05) is 11.1 Å². The maximum atomic E-state index is 14.0. The van der Waals surface area contributed by atoms with Gasteiger partial charge in [0.25, 0.3) is 0 Å². The summed E-state index contributed by atoms with van der Waals surface area (Å²) >= 11 is 12.2. The van der Waals surface area contributed by atoms with Crippen LogP contribution >= 0.6 is 23.2 Å². The lowest BCUT2D eigenvalue weighted by Gasteiger charge is -2.27. The largest absolute Gasteiger partial charge is 0.454 e. The summed E-state index contributed by atoms with van der Waals surface area (Å²) in [5.41, 5.74) is -1.19. The molecule has 10 heteroatoms. The molecule has 3 aromatic carbocycles. The van der Waals surface area contributed by atoms with Crippen molar-refractivity contribution in [2.75, 3.05) is 11.7 Å². The minimum Gasteiger partial charge on any atom is -0.454 e. The Balaban J connectivity index is 1.41. The maximum Gasteiger partial charge on any atom is 0.241 e. The van der Waals surface area contributed by atoms with Crippen LogP contribution in [-0.2, 0) is 14.3 Å². The van der Waals surface area contributed by atoms with Gasteiger partial charge in [0.15, 0.2) is 11.5 Å². The van der Waals surface area contributed by atoms with Crippen molar-refractivity contribution in [3.05, 3.63) is 87.4 Å². The number of imide groups is 1. The normalized spacial score (nSPS) is 24.8. The third kappa shape index (κ3) is 2.83. The summed E-state index contributed by atoms with van der Waals surface area (Å²) in [5, 5.41) is 0.398. The van der Waals surface area contributed by atoms with E-state index in [1.165, 1.54) is 30.3 Å². The molecule has 3 heterocycles. The van der Waals surface area contributed by atoms with Gasteiger partial charge in [-0.1, -0.05) is 53.5 Å². The van der Waals surface area contributed by atoms with Gasteiger partial charge in [-0.3, -0.25) is 19.2 Å². The Bertz CT molecular complexity index is 1550. The van der Waals surface area contributed by atoms with Crippen molar-refractivity contribution < 1.29 is 33.4 Å². The zero-order valence-corrected chi connectivity index (χ0v) is 20.3. The van der Waals surface area contributed by atoms with Crippen LogP contribution in [0.25, 0.3) is 0 Å². The number of rotatable bonds is 2. The highest BCUT2D eigenvalue weighted by molar-refractivity contribution is 6.42. The molecule has 4 aliphatic rings. The van der Waals surface area contributed by atoms with E-state index in [0.717, 1.165) is 4.90 Å². The predicted octanol–water partition coefficient (Wildman–Crippen LogP) is 4.42. The smallest absolute Gasteiger partial charge is 0.241 e. The number of hydrogen-bond donors (Lipinski definition) is 0. The number of Topliss-reactive ketones (excluding diaryl/α,β-unsaturated/α-hetero) is 2. The van der Waals surface area contributed by atoms with E-state index in [4.69, 9.17) is 37.4 Å². The van der Waals surface area contributed by atoms with Crippen LogP contribution in [0.5, 0.6) is 11.5 Å². The lowest BCUT2D eigenvalue weighted by molar-refractivity contribution is -0.127. The number of halogens is 2. The van der Waals surface area contributed by atoms with E-state index in [-0.39, 0.29) is 33.7 Å². The first kappa shape index (κ1) is 22.5. The molecule has 3 atom stereocenters. The number of fused-ring (bicyclic) bond motifs is 4. The Hall–Kier alpha value is -3.72.